The molecule has 5 nitrogen and oxygen atoms in total. The highest BCUT2D eigenvalue weighted by atomic mass is 32.1. The molecule has 2 rings (SSSR count). The van der Waals surface area contributed by atoms with E-state index in [0.29, 0.717) is 12.1 Å². The van der Waals surface area contributed by atoms with Gasteiger partial charge in [0.2, 0.25) is 0 Å². The third kappa shape index (κ3) is 1.85. The summed E-state index contributed by atoms with van der Waals surface area (Å²) in [5.41, 5.74) is 1.32. The molecule has 2 heterocycles. The molecule has 0 atom stereocenters. The van der Waals surface area contributed by atoms with E-state index in [-0.39, 0.29) is 5.78 Å². The van der Waals surface area contributed by atoms with Crippen LogP contribution >= 0.6 is 11.5 Å². The molecule has 0 unspecified atom stereocenters. The fourth-order valence-electron chi connectivity index (χ4n) is 1.13. The minimum absolute atomic E-state index is 0.0215. The number of carbonyl (C=O) groups is 1. The second kappa shape index (κ2) is 3.67. The topological polar surface area (TPSA) is 60.7 Å². The molecule has 0 aliphatic rings. The maximum Gasteiger partial charge on any atom is 0.188 e. The molecule has 2 aromatic heterocycles. The van der Waals surface area contributed by atoms with E-state index < -0.39 is 0 Å². The quantitative estimate of drug-likeness (QED) is 0.696. The highest BCUT2D eigenvalue weighted by Crippen LogP contribution is 2.05. The van der Waals surface area contributed by atoms with Crippen molar-refractivity contribution in [1.82, 2.24) is 19.4 Å². The van der Waals surface area contributed by atoms with Gasteiger partial charge in [-0.05, 0) is 17.1 Å². The Labute approximate surface area is 84.5 Å². The summed E-state index contributed by atoms with van der Waals surface area (Å²) in [6, 6.07) is 0. The minimum atomic E-state index is -0.0215. The van der Waals surface area contributed by atoms with Crippen LogP contribution in [0.2, 0.25) is 0 Å². The number of hydrogen-bond acceptors (Lipinski definition) is 5. The highest BCUT2D eigenvalue weighted by molar-refractivity contribution is 7.03. The van der Waals surface area contributed by atoms with Crippen LogP contribution in [0, 0.1) is 0 Å². The SMILES string of the molecule is Cn1cc(CC(=O)c2csnn2)cn1. The van der Waals surface area contributed by atoms with Gasteiger partial charge in [-0.2, -0.15) is 5.10 Å². The number of Topliss-reactive ketones (excluding diaryl/α,β-unsaturated/α-hetero) is 1. The fourth-order valence-corrected chi connectivity index (χ4v) is 1.59. The predicted molar refractivity (Wildman–Crippen MR) is 51.2 cm³/mol. The lowest BCUT2D eigenvalue weighted by molar-refractivity contribution is 0.0988. The van der Waals surface area contributed by atoms with E-state index in [0.717, 1.165) is 5.56 Å². The number of ketones is 1. The molecule has 0 saturated carbocycles. The van der Waals surface area contributed by atoms with E-state index in [1.807, 2.05) is 13.2 Å². The molecule has 2 aromatic rings. The molecular weight excluding hydrogens is 200 g/mol. The van der Waals surface area contributed by atoms with E-state index >= 15 is 0 Å². The molecule has 0 amide bonds. The molecule has 6 heteroatoms. The van der Waals surface area contributed by atoms with Crippen LogP contribution in [-0.2, 0) is 13.5 Å². The number of nitrogens with zero attached hydrogens (tertiary/aromatic N) is 4. The van der Waals surface area contributed by atoms with Gasteiger partial charge in [-0.3, -0.25) is 9.48 Å². The molecule has 0 N–H and O–H groups in total. The van der Waals surface area contributed by atoms with Crippen LogP contribution in [0.5, 0.6) is 0 Å². The number of aromatic nitrogens is 4. The molecule has 0 aliphatic carbocycles. The smallest absolute Gasteiger partial charge is 0.188 e. The Morgan fingerprint density at radius 2 is 2.50 bits per heavy atom. The minimum Gasteiger partial charge on any atom is -0.292 e. The van der Waals surface area contributed by atoms with Gasteiger partial charge in [0, 0.05) is 25.0 Å². The normalized spacial score (nSPS) is 10.4. The monoisotopic (exact) mass is 208 g/mol. The van der Waals surface area contributed by atoms with Crippen molar-refractivity contribution in [3.05, 3.63) is 29.0 Å². The Balaban J connectivity index is 2.09. The molecule has 0 aromatic carbocycles. The van der Waals surface area contributed by atoms with E-state index in [2.05, 4.69) is 14.7 Å². The molecule has 0 aliphatic heterocycles. The molecule has 0 saturated heterocycles. The van der Waals surface area contributed by atoms with Crippen LogP contribution in [0.25, 0.3) is 0 Å². The zero-order valence-electron chi connectivity index (χ0n) is 7.54. The number of hydrogen-bond donors (Lipinski definition) is 0. The van der Waals surface area contributed by atoms with Crippen LogP contribution in [0.1, 0.15) is 16.1 Å². The van der Waals surface area contributed by atoms with Crippen molar-refractivity contribution >= 4 is 17.3 Å². The van der Waals surface area contributed by atoms with Gasteiger partial charge in [-0.15, -0.1) is 5.10 Å². The lowest BCUT2D eigenvalue weighted by atomic mass is 10.1. The Morgan fingerprint density at radius 3 is 3.07 bits per heavy atom. The van der Waals surface area contributed by atoms with Crippen molar-refractivity contribution in [3.63, 3.8) is 0 Å². The van der Waals surface area contributed by atoms with Crippen molar-refractivity contribution in [2.75, 3.05) is 0 Å². The van der Waals surface area contributed by atoms with Gasteiger partial charge >= 0.3 is 0 Å². The number of carbonyl (C=O) groups excluding carboxylic acids is 1. The third-order valence-corrected chi connectivity index (χ3v) is 2.27. The van der Waals surface area contributed by atoms with Crippen molar-refractivity contribution < 1.29 is 4.79 Å². The van der Waals surface area contributed by atoms with Crippen LogP contribution in [0.4, 0.5) is 0 Å². The van der Waals surface area contributed by atoms with Gasteiger partial charge in [0.25, 0.3) is 0 Å². The summed E-state index contributed by atoms with van der Waals surface area (Å²) in [5.74, 6) is -0.0215. The molecule has 72 valence electrons. The molecular formula is C8H8N4OS. The van der Waals surface area contributed by atoms with Crippen LogP contribution in [0.3, 0.4) is 0 Å². The van der Waals surface area contributed by atoms with E-state index in [4.69, 9.17) is 0 Å². The summed E-state index contributed by atoms with van der Waals surface area (Å²) in [6.07, 6.45) is 3.83. The summed E-state index contributed by atoms with van der Waals surface area (Å²) in [5, 5.41) is 9.34. The van der Waals surface area contributed by atoms with Gasteiger partial charge in [-0.25, -0.2) is 0 Å². The Bertz CT molecular complexity index is 434. The molecule has 0 fully saturated rings. The van der Waals surface area contributed by atoms with Crippen LogP contribution in [0.15, 0.2) is 17.8 Å². The average Bonchev–Trinajstić information content (AvgIpc) is 2.75. The zero-order valence-corrected chi connectivity index (χ0v) is 8.36. The zero-order chi connectivity index (χ0) is 9.97. The summed E-state index contributed by atoms with van der Waals surface area (Å²) in [6.45, 7) is 0. The first-order valence-electron chi connectivity index (χ1n) is 4.03. The van der Waals surface area contributed by atoms with E-state index in [1.54, 1.807) is 16.3 Å². The fraction of sp³-hybridized carbons (Fsp3) is 0.250. The number of rotatable bonds is 3. The largest absolute Gasteiger partial charge is 0.292 e. The summed E-state index contributed by atoms with van der Waals surface area (Å²) < 4.78 is 5.31. The highest BCUT2D eigenvalue weighted by Gasteiger charge is 2.10. The van der Waals surface area contributed by atoms with Gasteiger partial charge in [0.05, 0.1) is 6.20 Å². The van der Waals surface area contributed by atoms with E-state index in [9.17, 15) is 4.79 Å². The lowest BCUT2D eigenvalue weighted by Gasteiger charge is -1.91. The molecule has 14 heavy (non-hydrogen) atoms. The van der Waals surface area contributed by atoms with Gasteiger partial charge in [0.1, 0.15) is 5.69 Å². The first-order chi connectivity index (χ1) is 6.75. The summed E-state index contributed by atoms with van der Waals surface area (Å²) in [4.78, 5) is 11.6. The average molecular weight is 208 g/mol. The van der Waals surface area contributed by atoms with Crippen molar-refractivity contribution in [2.45, 2.75) is 6.42 Å². The van der Waals surface area contributed by atoms with Crippen molar-refractivity contribution in [2.24, 2.45) is 7.05 Å². The Hall–Kier alpha value is -1.56. The van der Waals surface area contributed by atoms with Crippen molar-refractivity contribution in [1.29, 1.82) is 0 Å². The van der Waals surface area contributed by atoms with Gasteiger partial charge < -0.3 is 0 Å². The van der Waals surface area contributed by atoms with Gasteiger partial charge in [-0.1, -0.05) is 4.49 Å². The molecule has 0 spiro atoms. The lowest BCUT2D eigenvalue weighted by Crippen LogP contribution is -2.03. The third-order valence-electron chi connectivity index (χ3n) is 1.77. The maximum absolute atomic E-state index is 11.6. The first kappa shape index (κ1) is 9.01. The van der Waals surface area contributed by atoms with Crippen LogP contribution in [-0.4, -0.2) is 25.2 Å². The second-order valence-electron chi connectivity index (χ2n) is 2.91. The maximum atomic E-state index is 11.6. The first-order valence-corrected chi connectivity index (χ1v) is 4.87. The van der Waals surface area contributed by atoms with E-state index in [1.165, 1.54) is 11.5 Å². The summed E-state index contributed by atoms with van der Waals surface area (Å²) >= 11 is 1.18. The Kier molecular flexibility index (Phi) is 2.36. The standard InChI is InChI=1S/C8H8N4OS/c1-12-4-6(3-9-12)2-8(13)7-5-14-11-10-7/h3-5H,2H2,1H3. The number of aryl methyl sites for hydroxylation is 1. The van der Waals surface area contributed by atoms with Crippen LogP contribution < -0.4 is 0 Å². The molecule has 0 radical (unpaired) electrons. The predicted octanol–water partition coefficient (Wildman–Crippen LogP) is 0.697. The summed E-state index contributed by atoms with van der Waals surface area (Å²) in [7, 11) is 1.82. The van der Waals surface area contributed by atoms with Gasteiger partial charge in [0.15, 0.2) is 5.78 Å². The Morgan fingerprint density at radius 1 is 1.64 bits per heavy atom. The second-order valence-corrected chi connectivity index (χ2v) is 3.52. The molecule has 0 bridgehead atoms. The van der Waals surface area contributed by atoms with Crippen molar-refractivity contribution in [3.8, 4) is 0 Å².